The summed E-state index contributed by atoms with van der Waals surface area (Å²) < 4.78 is 34.9. The van der Waals surface area contributed by atoms with Gasteiger partial charge in [0.05, 0.1) is 30.3 Å². The fourth-order valence-electron chi connectivity index (χ4n) is 5.25. The van der Waals surface area contributed by atoms with Gasteiger partial charge in [-0.15, -0.1) is 0 Å². The number of sulfone groups is 1. The molecule has 2 aromatic rings. The number of amides is 2. The molecule has 0 unspecified atom stereocenters. The Morgan fingerprint density at radius 2 is 2.00 bits per heavy atom. The summed E-state index contributed by atoms with van der Waals surface area (Å²) in [6.07, 6.45) is 8.71. The predicted octanol–water partition coefficient (Wildman–Crippen LogP) is 4.38. The monoisotopic (exact) mass is 502 g/mol. The molecule has 2 fully saturated rings. The maximum atomic E-state index is 13.6. The van der Waals surface area contributed by atoms with E-state index in [4.69, 9.17) is 4.74 Å². The molecule has 0 spiro atoms. The third kappa shape index (κ3) is 6.44. The van der Waals surface area contributed by atoms with Crippen LogP contribution in [-0.2, 0) is 26.9 Å². The quantitative estimate of drug-likeness (QED) is 0.549. The molecular weight excluding hydrogens is 464 g/mol. The van der Waals surface area contributed by atoms with Crippen LogP contribution >= 0.6 is 0 Å². The van der Waals surface area contributed by atoms with Crippen LogP contribution < -0.4 is 5.32 Å². The molecule has 1 atom stereocenters. The highest BCUT2D eigenvalue weighted by atomic mass is 32.2. The second-order valence-corrected chi connectivity index (χ2v) is 11.7. The summed E-state index contributed by atoms with van der Waals surface area (Å²) in [7, 11) is -3.67. The molecule has 9 heteroatoms. The van der Waals surface area contributed by atoms with Crippen molar-refractivity contribution in [2.24, 2.45) is 0 Å². The molecule has 1 saturated carbocycles. The lowest BCUT2D eigenvalue weighted by atomic mass is 9.95. The van der Waals surface area contributed by atoms with Gasteiger partial charge < -0.3 is 19.5 Å². The van der Waals surface area contributed by atoms with E-state index in [2.05, 4.69) is 10.3 Å². The first-order chi connectivity index (χ1) is 16.9. The Hall–Kier alpha value is -2.39. The Balaban J connectivity index is 1.66. The predicted molar refractivity (Wildman–Crippen MR) is 135 cm³/mol. The van der Waals surface area contributed by atoms with Gasteiger partial charge in [0.2, 0.25) is 15.0 Å². The number of rotatable bonds is 9. The van der Waals surface area contributed by atoms with E-state index in [1.54, 1.807) is 11.1 Å². The molecule has 2 amide bonds. The Morgan fingerprint density at radius 1 is 1.20 bits per heavy atom. The minimum absolute atomic E-state index is 0.00758. The van der Waals surface area contributed by atoms with Crippen LogP contribution in [0, 0.1) is 6.92 Å². The number of aryl methyl sites for hydroxylation is 1. The van der Waals surface area contributed by atoms with Crippen molar-refractivity contribution < 1.29 is 17.9 Å². The second kappa shape index (κ2) is 11.6. The minimum atomic E-state index is -3.67. The average Bonchev–Trinajstić information content (AvgIpc) is 3.49. The van der Waals surface area contributed by atoms with E-state index in [1.807, 2.05) is 42.7 Å². The van der Waals surface area contributed by atoms with Crippen LogP contribution in [0.25, 0.3) is 0 Å². The zero-order valence-corrected chi connectivity index (χ0v) is 21.7. The van der Waals surface area contributed by atoms with Gasteiger partial charge in [-0.2, -0.15) is 0 Å². The number of aromatic nitrogens is 2. The summed E-state index contributed by atoms with van der Waals surface area (Å²) in [5.41, 5.74) is 2.55. The van der Waals surface area contributed by atoms with Crippen LogP contribution in [0.2, 0.25) is 0 Å². The normalized spacial score (nSPS) is 19.1. The fourth-order valence-corrected chi connectivity index (χ4v) is 6.78. The number of imidazole rings is 1. The van der Waals surface area contributed by atoms with Gasteiger partial charge >= 0.3 is 6.03 Å². The van der Waals surface area contributed by atoms with Gasteiger partial charge in [-0.05, 0) is 45.1 Å². The van der Waals surface area contributed by atoms with Crippen LogP contribution in [0.5, 0.6) is 0 Å². The molecule has 192 valence electrons. The van der Waals surface area contributed by atoms with Crippen molar-refractivity contribution in [2.75, 3.05) is 19.7 Å². The maximum absolute atomic E-state index is 13.6. The topological polar surface area (TPSA) is 93.5 Å². The molecule has 35 heavy (non-hydrogen) atoms. The van der Waals surface area contributed by atoms with Gasteiger partial charge in [0.1, 0.15) is 0 Å². The fraction of sp³-hybridized carbons (Fsp3) is 0.615. The van der Waals surface area contributed by atoms with E-state index in [-0.39, 0.29) is 29.1 Å². The maximum Gasteiger partial charge on any atom is 0.317 e. The molecule has 0 radical (unpaired) electrons. The molecule has 0 bridgehead atoms. The zero-order valence-electron chi connectivity index (χ0n) is 20.9. The Labute approximate surface area is 209 Å². The van der Waals surface area contributed by atoms with Crippen LogP contribution in [-0.4, -0.2) is 54.7 Å². The Morgan fingerprint density at radius 3 is 2.69 bits per heavy atom. The minimum Gasteiger partial charge on any atom is -0.376 e. The average molecular weight is 503 g/mol. The van der Waals surface area contributed by atoms with E-state index < -0.39 is 9.84 Å². The number of hydrogen-bond donors (Lipinski definition) is 1. The van der Waals surface area contributed by atoms with Gasteiger partial charge in [0.15, 0.2) is 0 Å². The van der Waals surface area contributed by atoms with Crippen molar-refractivity contribution >= 4 is 15.9 Å². The van der Waals surface area contributed by atoms with Gasteiger partial charge in [0.25, 0.3) is 0 Å². The van der Waals surface area contributed by atoms with E-state index in [1.165, 1.54) is 0 Å². The second-order valence-electron chi connectivity index (χ2n) is 9.79. The number of nitrogens with one attached hydrogen (secondary N) is 1. The molecule has 1 aliphatic carbocycles. The molecule has 8 nitrogen and oxygen atoms in total. The summed E-state index contributed by atoms with van der Waals surface area (Å²) in [4.78, 5) is 19.1. The SMILES string of the molecule is CCNC(=O)N(Cc1cnc(S(=O)(=O)Cc2cccc(C)c2)n1C1CCCCC1)C[C@@H]1CCCO1. The molecule has 1 saturated heterocycles. The molecule has 1 aliphatic heterocycles. The van der Waals surface area contributed by atoms with Gasteiger partial charge in [-0.1, -0.05) is 49.1 Å². The summed E-state index contributed by atoms with van der Waals surface area (Å²) in [5.74, 6) is -0.0895. The lowest BCUT2D eigenvalue weighted by Gasteiger charge is -2.30. The van der Waals surface area contributed by atoms with Crippen molar-refractivity contribution in [3.05, 3.63) is 47.3 Å². The molecule has 1 aromatic carbocycles. The van der Waals surface area contributed by atoms with Crippen molar-refractivity contribution in [3.63, 3.8) is 0 Å². The first-order valence-electron chi connectivity index (χ1n) is 12.9. The van der Waals surface area contributed by atoms with Crippen molar-refractivity contribution in [2.45, 2.75) is 88.4 Å². The van der Waals surface area contributed by atoms with Crippen molar-refractivity contribution in [1.82, 2.24) is 19.8 Å². The summed E-state index contributed by atoms with van der Waals surface area (Å²) in [6, 6.07) is 7.50. The number of carbonyl (C=O) groups is 1. The van der Waals surface area contributed by atoms with Crippen LogP contribution in [0.15, 0.2) is 35.6 Å². The number of nitrogens with zero attached hydrogens (tertiary/aromatic N) is 3. The van der Waals surface area contributed by atoms with E-state index in [9.17, 15) is 13.2 Å². The molecule has 2 aliphatic rings. The molecule has 1 N–H and O–H groups in total. The van der Waals surface area contributed by atoms with Crippen molar-refractivity contribution in [3.8, 4) is 0 Å². The smallest absolute Gasteiger partial charge is 0.317 e. The number of urea groups is 1. The van der Waals surface area contributed by atoms with Gasteiger partial charge in [-0.3, -0.25) is 0 Å². The first kappa shape index (κ1) is 25.7. The summed E-state index contributed by atoms with van der Waals surface area (Å²) in [6.45, 7) is 5.88. The third-order valence-electron chi connectivity index (χ3n) is 6.91. The number of ether oxygens (including phenoxy) is 1. The van der Waals surface area contributed by atoms with E-state index in [0.717, 1.165) is 68.4 Å². The number of hydrogen-bond acceptors (Lipinski definition) is 5. The third-order valence-corrected chi connectivity index (χ3v) is 8.48. The van der Waals surface area contributed by atoms with Crippen LogP contribution in [0.4, 0.5) is 4.79 Å². The highest BCUT2D eigenvalue weighted by molar-refractivity contribution is 7.90. The lowest BCUT2D eigenvalue weighted by Crippen LogP contribution is -2.43. The highest BCUT2D eigenvalue weighted by Gasteiger charge is 2.31. The van der Waals surface area contributed by atoms with E-state index in [0.29, 0.717) is 19.6 Å². The van der Waals surface area contributed by atoms with E-state index >= 15 is 0 Å². The first-order valence-corrected chi connectivity index (χ1v) is 14.5. The molecule has 1 aromatic heterocycles. The van der Waals surface area contributed by atoms with Gasteiger partial charge in [-0.25, -0.2) is 18.2 Å². The standard InChI is InChI=1S/C26H38N4O4S/c1-3-27-25(31)29(18-24-13-8-14-34-24)17-23-16-28-26(30(23)22-11-5-4-6-12-22)35(32,33)19-21-10-7-9-20(2)15-21/h7,9-10,15-16,22,24H,3-6,8,11-14,17-19H2,1-2H3,(H,27,31)/t24-/m0/s1. The van der Waals surface area contributed by atoms with Gasteiger partial charge in [0, 0.05) is 25.7 Å². The summed E-state index contributed by atoms with van der Waals surface area (Å²) >= 11 is 0. The largest absolute Gasteiger partial charge is 0.376 e. The summed E-state index contributed by atoms with van der Waals surface area (Å²) in [5, 5.41) is 3.02. The zero-order chi connectivity index (χ0) is 24.8. The van der Waals surface area contributed by atoms with Crippen molar-refractivity contribution in [1.29, 1.82) is 0 Å². The molecule has 2 heterocycles. The number of carbonyl (C=O) groups excluding carboxylic acids is 1. The molecule has 4 rings (SSSR count). The van der Waals surface area contributed by atoms with Crippen LogP contribution in [0.3, 0.4) is 0 Å². The highest BCUT2D eigenvalue weighted by Crippen LogP contribution is 2.33. The number of benzene rings is 1. The Kier molecular flexibility index (Phi) is 8.49. The van der Waals surface area contributed by atoms with Crippen LogP contribution in [0.1, 0.15) is 74.7 Å². The molecular formula is C26H38N4O4S. The Bertz CT molecular complexity index is 1100. The lowest BCUT2D eigenvalue weighted by molar-refractivity contribution is 0.0787.